The van der Waals surface area contributed by atoms with Crippen LogP contribution in [0.1, 0.15) is 46.0 Å². The Bertz CT molecular complexity index is 296. The summed E-state index contributed by atoms with van der Waals surface area (Å²) in [5, 5.41) is 11.9. The van der Waals surface area contributed by atoms with E-state index in [2.05, 4.69) is 5.32 Å². The van der Waals surface area contributed by atoms with Crippen LogP contribution in [0.15, 0.2) is 0 Å². The number of aliphatic carboxylic acids is 1. The summed E-state index contributed by atoms with van der Waals surface area (Å²) in [6.45, 7) is 3.56. The van der Waals surface area contributed by atoms with Gasteiger partial charge in [-0.15, -0.1) is 0 Å². The molecule has 0 spiro atoms. The monoisotopic (exact) mass is 242 g/mol. The summed E-state index contributed by atoms with van der Waals surface area (Å²) in [7, 11) is 1.73. The van der Waals surface area contributed by atoms with Crippen molar-refractivity contribution in [3.8, 4) is 0 Å². The maximum absolute atomic E-state index is 12.0. The lowest BCUT2D eigenvalue weighted by molar-refractivity contribution is -0.144. The minimum Gasteiger partial charge on any atom is -0.480 e. The van der Waals surface area contributed by atoms with Crippen LogP contribution in [-0.2, 0) is 4.79 Å². The molecular formula is C12H22N2O3. The molecule has 0 aromatic carbocycles. The van der Waals surface area contributed by atoms with Gasteiger partial charge in [0.25, 0.3) is 0 Å². The minimum atomic E-state index is -1.13. The molecule has 0 aliphatic heterocycles. The number of carbonyl (C=O) groups excluding carboxylic acids is 1. The van der Waals surface area contributed by atoms with Crippen LogP contribution in [0.3, 0.4) is 0 Å². The molecule has 5 nitrogen and oxygen atoms in total. The van der Waals surface area contributed by atoms with Crippen molar-refractivity contribution < 1.29 is 14.7 Å². The van der Waals surface area contributed by atoms with E-state index in [9.17, 15) is 14.7 Å². The first-order valence-electron chi connectivity index (χ1n) is 6.25. The Kier molecular flexibility index (Phi) is 4.37. The summed E-state index contributed by atoms with van der Waals surface area (Å²) in [5.41, 5.74) is -1.13. The van der Waals surface area contributed by atoms with Gasteiger partial charge in [-0.05, 0) is 32.1 Å². The quantitative estimate of drug-likeness (QED) is 0.772. The summed E-state index contributed by atoms with van der Waals surface area (Å²) in [4.78, 5) is 24.9. The summed E-state index contributed by atoms with van der Waals surface area (Å²) < 4.78 is 0. The molecule has 1 rings (SSSR count). The Labute approximate surface area is 102 Å². The Balaban J connectivity index is 2.66. The first-order valence-corrected chi connectivity index (χ1v) is 6.25. The summed E-state index contributed by atoms with van der Waals surface area (Å²) in [6.07, 6.45) is 3.96. The smallest absolute Gasteiger partial charge is 0.329 e. The summed E-state index contributed by atoms with van der Waals surface area (Å²) in [6, 6.07) is -0.00370. The van der Waals surface area contributed by atoms with Gasteiger partial charge in [0.15, 0.2) is 0 Å². The SMILES string of the molecule is CCC(CC)(NC(=O)N(C)C1CCC1)C(=O)O. The Hall–Kier alpha value is -1.26. The highest BCUT2D eigenvalue weighted by Gasteiger charge is 2.38. The molecule has 0 bridgehead atoms. The molecule has 98 valence electrons. The normalized spacial score (nSPS) is 16.2. The molecule has 17 heavy (non-hydrogen) atoms. The van der Waals surface area contributed by atoms with Gasteiger partial charge in [-0.1, -0.05) is 13.8 Å². The number of nitrogens with one attached hydrogen (secondary N) is 1. The molecule has 0 heterocycles. The molecule has 2 amide bonds. The number of hydrogen-bond donors (Lipinski definition) is 2. The van der Waals surface area contributed by atoms with E-state index in [-0.39, 0.29) is 12.1 Å². The van der Waals surface area contributed by atoms with E-state index in [1.54, 1.807) is 25.8 Å². The van der Waals surface area contributed by atoms with E-state index in [1.807, 2.05) is 0 Å². The fraction of sp³-hybridized carbons (Fsp3) is 0.833. The summed E-state index contributed by atoms with van der Waals surface area (Å²) in [5.74, 6) is -0.960. The van der Waals surface area contributed by atoms with Gasteiger partial charge >= 0.3 is 12.0 Å². The van der Waals surface area contributed by atoms with Crippen LogP contribution < -0.4 is 5.32 Å². The van der Waals surface area contributed by atoms with Gasteiger partial charge in [0.05, 0.1) is 0 Å². The maximum atomic E-state index is 12.0. The molecule has 1 fully saturated rings. The maximum Gasteiger partial charge on any atom is 0.329 e. The molecule has 0 aromatic rings. The first-order chi connectivity index (χ1) is 7.96. The van der Waals surface area contributed by atoms with Crippen LogP contribution in [-0.4, -0.2) is 40.6 Å². The molecule has 0 radical (unpaired) electrons. The van der Waals surface area contributed by atoms with Gasteiger partial charge in [0.2, 0.25) is 0 Å². The van der Waals surface area contributed by atoms with E-state index in [0.29, 0.717) is 12.8 Å². The highest BCUT2D eigenvalue weighted by atomic mass is 16.4. The topological polar surface area (TPSA) is 69.6 Å². The van der Waals surface area contributed by atoms with Crippen molar-refractivity contribution in [2.75, 3.05) is 7.05 Å². The highest BCUT2D eigenvalue weighted by molar-refractivity contribution is 5.86. The number of amides is 2. The molecule has 1 aliphatic carbocycles. The van der Waals surface area contributed by atoms with Gasteiger partial charge < -0.3 is 15.3 Å². The van der Waals surface area contributed by atoms with Crippen LogP contribution in [0.25, 0.3) is 0 Å². The number of carboxylic acids is 1. The zero-order valence-corrected chi connectivity index (χ0v) is 10.8. The van der Waals surface area contributed by atoms with Crippen LogP contribution in [0.2, 0.25) is 0 Å². The van der Waals surface area contributed by atoms with Gasteiger partial charge in [0, 0.05) is 13.1 Å². The third-order valence-corrected chi connectivity index (χ3v) is 3.91. The lowest BCUT2D eigenvalue weighted by Gasteiger charge is -2.37. The fourth-order valence-corrected chi connectivity index (χ4v) is 2.02. The van der Waals surface area contributed by atoms with Crippen LogP contribution >= 0.6 is 0 Å². The van der Waals surface area contributed by atoms with Gasteiger partial charge in [-0.2, -0.15) is 0 Å². The molecule has 5 heteroatoms. The Morgan fingerprint density at radius 3 is 2.18 bits per heavy atom. The predicted molar refractivity (Wildman–Crippen MR) is 64.9 cm³/mol. The molecule has 0 atom stereocenters. The third kappa shape index (κ3) is 2.70. The molecule has 0 unspecified atom stereocenters. The first kappa shape index (κ1) is 13.8. The zero-order valence-electron chi connectivity index (χ0n) is 10.8. The van der Waals surface area contributed by atoms with Crippen molar-refractivity contribution in [3.05, 3.63) is 0 Å². The number of nitrogens with zero attached hydrogens (tertiary/aromatic N) is 1. The number of carboxylic acid groups (broad SMARTS) is 1. The Morgan fingerprint density at radius 1 is 1.35 bits per heavy atom. The van der Waals surface area contributed by atoms with E-state index >= 15 is 0 Å². The van der Waals surface area contributed by atoms with Crippen molar-refractivity contribution in [2.45, 2.75) is 57.5 Å². The second-order valence-corrected chi connectivity index (χ2v) is 4.72. The van der Waals surface area contributed by atoms with Gasteiger partial charge in [-0.25, -0.2) is 9.59 Å². The van der Waals surface area contributed by atoms with Crippen molar-refractivity contribution in [2.24, 2.45) is 0 Å². The standard InChI is InChI=1S/C12H22N2O3/c1-4-12(5-2,10(15)16)13-11(17)14(3)9-7-6-8-9/h9H,4-8H2,1-3H3,(H,13,17)(H,15,16). The average molecular weight is 242 g/mol. The molecular weight excluding hydrogens is 220 g/mol. The molecule has 1 aliphatic rings. The Morgan fingerprint density at radius 2 is 1.88 bits per heavy atom. The second-order valence-electron chi connectivity index (χ2n) is 4.72. The van der Waals surface area contributed by atoms with Crippen LogP contribution in [0.4, 0.5) is 4.79 Å². The van der Waals surface area contributed by atoms with Crippen LogP contribution in [0, 0.1) is 0 Å². The largest absolute Gasteiger partial charge is 0.480 e. The van der Waals surface area contributed by atoms with Crippen molar-refractivity contribution in [1.29, 1.82) is 0 Å². The lowest BCUT2D eigenvalue weighted by atomic mass is 9.91. The van der Waals surface area contributed by atoms with Crippen molar-refractivity contribution in [1.82, 2.24) is 10.2 Å². The van der Waals surface area contributed by atoms with E-state index in [1.165, 1.54) is 0 Å². The molecule has 1 saturated carbocycles. The van der Waals surface area contributed by atoms with Crippen molar-refractivity contribution >= 4 is 12.0 Å². The predicted octanol–water partition coefficient (Wildman–Crippen LogP) is 1.82. The molecule has 0 aromatic heterocycles. The van der Waals surface area contributed by atoms with E-state index in [4.69, 9.17) is 0 Å². The number of urea groups is 1. The van der Waals surface area contributed by atoms with Gasteiger partial charge in [0.1, 0.15) is 5.54 Å². The number of rotatable bonds is 5. The fourth-order valence-electron chi connectivity index (χ4n) is 2.02. The lowest BCUT2D eigenvalue weighted by Crippen LogP contribution is -2.58. The van der Waals surface area contributed by atoms with Gasteiger partial charge in [-0.3, -0.25) is 0 Å². The summed E-state index contributed by atoms with van der Waals surface area (Å²) >= 11 is 0. The highest BCUT2D eigenvalue weighted by Crippen LogP contribution is 2.24. The number of carbonyl (C=O) groups is 2. The minimum absolute atomic E-state index is 0.273. The van der Waals surface area contributed by atoms with E-state index in [0.717, 1.165) is 19.3 Å². The zero-order chi connectivity index (χ0) is 13.1. The van der Waals surface area contributed by atoms with E-state index < -0.39 is 11.5 Å². The van der Waals surface area contributed by atoms with Crippen LogP contribution in [0.5, 0.6) is 0 Å². The molecule has 2 N–H and O–H groups in total. The third-order valence-electron chi connectivity index (χ3n) is 3.91. The second kappa shape index (κ2) is 5.38. The average Bonchev–Trinajstić information content (AvgIpc) is 2.22. The number of hydrogen-bond acceptors (Lipinski definition) is 2. The molecule has 0 saturated heterocycles. The van der Waals surface area contributed by atoms with Crippen molar-refractivity contribution in [3.63, 3.8) is 0 Å².